The smallest absolute Gasteiger partial charge is 0.257 e. The van der Waals surface area contributed by atoms with E-state index in [9.17, 15) is 4.79 Å². The molecule has 4 heteroatoms. The van der Waals surface area contributed by atoms with Gasteiger partial charge in [0.05, 0.1) is 23.1 Å². The molecule has 0 unspecified atom stereocenters. The average Bonchev–Trinajstić information content (AvgIpc) is 2.80. The van der Waals surface area contributed by atoms with Crippen molar-refractivity contribution in [2.45, 2.75) is 20.8 Å². The number of hydrogen-bond donors (Lipinski definition) is 0. The summed E-state index contributed by atoms with van der Waals surface area (Å²) in [5, 5.41) is 4.34. The molecule has 0 radical (unpaired) electrons. The van der Waals surface area contributed by atoms with Gasteiger partial charge in [-0.1, -0.05) is 32.0 Å². The van der Waals surface area contributed by atoms with E-state index in [0.29, 0.717) is 11.5 Å². The second kappa shape index (κ2) is 5.90. The second-order valence-electron chi connectivity index (χ2n) is 5.47. The number of para-hydroxylation sites is 1. The standard InChI is InChI=1S/C16H21N3O/c1-12(2)11-18(4)16(20)15-10-17-19(13(15)3)14-8-6-5-7-9-14/h5-10,12H,11H2,1-4H3. The van der Waals surface area contributed by atoms with E-state index in [1.165, 1.54) is 0 Å². The van der Waals surface area contributed by atoms with Crippen molar-refractivity contribution in [2.75, 3.05) is 13.6 Å². The van der Waals surface area contributed by atoms with Crippen molar-refractivity contribution in [1.29, 1.82) is 0 Å². The molecule has 2 aromatic rings. The SMILES string of the molecule is Cc1c(C(=O)N(C)CC(C)C)cnn1-c1ccccc1. The van der Waals surface area contributed by atoms with Gasteiger partial charge < -0.3 is 4.90 Å². The fourth-order valence-corrected chi connectivity index (χ4v) is 2.29. The highest BCUT2D eigenvalue weighted by molar-refractivity contribution is 5.95. The summed E-state index contributed by atoms with van der Waals surface area (Å²) in [7, 11) is 1.83. The minimum atomic E-state index is 0.0263. The predicted molar refractivity (Wildman–Crippen MR) is 80.1 cm³/mol. The Morgan fingerprint density at radius 1 is 1.30 bits per heavy atom. The predicted octanol–water partition coefficient (Wildman–Crippen LogP) is 2.91. The lowest BCUT2D eigenvalue weighted by Crippen LogP contribution is -2.30. The normalized spacial score (nSPS) is 10.8. The van der Waals surface area contributed by atoms with E-state index in [1.807, 2.05) is 44.3 Å². The number of rotatable bonds is 4. The Kier molecular flexibility index (Phi) is 4.23. The van der Waals surface area contributed by atoms with Gasteiger partial charge in [0, 0.05) is 13.6 Å². The molecule has 106 valence electrons. The molecular weight excluding hydrogens is 250 g/mol. The molecule has 1 aromatic heterocycles. The highest BCUT2D eigenvalue weighted by atomic mass is 16.2. The number of hydrogen-bond acceptors (Lipinski definition) is 2. The van der Waals surface area contributed by atoms with Gasteiger partial charge in [0.25, 0.3) is 5.91 Å². The number of carbonyl (C=O) groups excluding carboxylic acids is 1. The maximum absolute atomic E-state index is 12.4. The third kappa shape index (κ3) is 2.90. The fourth-order valence-electron chi connectivity index (χ4n) is 2.29. The maximum Gasteiger partial charge on any atom is 0.257 e. The van der Waals surface area contributed by atoms with Crippen LogP contribution in [-0.4, -0.2) is 34.2 Å². The topological polar surface area (TPSA) is 38.1 Å². The van der Waals surface area contributed by atoms with Crippen LogP contribution in [0.2, 0.25) is 0 Å². The molecule has 0 aliphatic rings. The molecule has 0 bridgehead atoms. The van der Waals surface area contributed by atoms with Crippen LogP contribution in [-0.2, 0) is 0 Å². The van der Waals surface area contributed by atoms with E-state index in [4.69, 9.17) is 0 Å². The third-order valence-corrected chi connectivity index (χ3v) is 3.23. The Morgan fingerprint density at radius 2 is 1.95 bits per heavy atom. The summed E-state index contributed by atoms with van der Waals surface area (Å²) in [5.74, 6) is 0.479. The van der Waals surface area contributed by atoms with Crippen LogP contribution >= 0.6 is 0 Å². The van der Waals surface area contributed by atoms with Gasteiger partial charge >= 0.3 is 0 Å². The molecule has 0 fully saturated rings. The number of amides is 1. The summed E-state index contributed by atoms with van der Waals surface area (Å²) in [6.07, 6.45) is 1.65. The Morgan fingerprint density at radius 3 is 2.55 bits per heavy atom. The molecule has 0 aliphatic carbocycles. The zero-order valence-corrected chi connectivity index (χ0v) is 12.5. The summed E-state index contributed by atoms with van der Waals surface area (Å²) in [4.78, 5) is 14.2. The first kappa shape index (κ1) is 14.3. The number of nitrogens with zero attached hydrogens (tertiary/aromatic N) is 3. The molecule has 1 aromatic carbocycles. The van der Waals surface area contributed by atoms with E-state index < -0.39 is 0 Å². The first-order valence-electron chi connectivity index (χ1n) is 6.86. The summed E-state index contributed by atoms with van der Waals surface area (Å²) < 4.78 is 1.80. The van der Waals surface area contributed by atoms with Crippen LogP contribution in [0.5, 0.6) is 0 Å². The van der Waals surface area contributed by atoms with Crippen molar-refractivity contribution >= 4 is 5.91 Å². The lowest BCUT2D eigenvalue weighted by atomic mass is 10.2. The molecule has 0 spiro atoms. The molecule has 0 atom stereocenters. The van der Waals surface area contributed by atoms with Crippen LogP contribution in [0.25, 0.3) is 5.69 Å². The van der Waals surface area contributed by atoms with Crippen molar-refractivity contribution in [3.8, 4) is 5.69 Å². The largest absolute Gasteiger partial charge is 0.341 e. The number of aromatic nitrogens is 2. The molecule has 1 heterocycles. The van der Waals surface area contributed by atoms with Gasteiger partial charge in [0.15, 0.2) is 0 Å². The van der Waals surface area contributed by atoms with Crippen molar-refractivity contribution in [3.63, 3.8) is 0 Å². The maximum atomic E-state index is 12.4. The zero-order chi connectivity index (χ0) is 14.7. The molecule has 0 N–H and O–H groups in total. The molecule has 1 amide bonds. The molecule has 0 aliphatic heterocycles. The number of carbonyl (C=O) groups is 1. The summed E-state index contributed by atoms with van der Waals surface area (Å²) in [5.41, 5.74) is 2.50. The highest BCUT2D eigenvalue weighted by Gasteiger charge is 2.19. The highest BCUT2D eigenvalue weighted by Crippen LogP contribution is 2.15. The molecule has 0 saturated carbocycles. The van der Waals surface area contributed by atoms with Crippen LogP contribution < -0.4 is 0 Å². The molecule has 0 saturated heterocycles. The monoisotopic (exact) mass is 271 g/mol. The molecule has 2 rings (SSSR count). The Balaban J connectivity index is 2.27. The molecule has 20 heavy (non-hydrogen) atoms. The first-order valence-corrected chi connectivity index (χ1v) is 6.86. The Hall–Kier alpha value is -2.10. The van der Waals surface area contributed by atoms with Gasteiger partial charge in [0.2, 0.25) is 0 Å². The van der Waals surface area contributed by atoms with Crippen LogP contribution in [0.15, 0.2) is 36.5 Å². The van der Waals surface area contributed by atoms with Gasteiger partial charge in [-0.2, -0.15) is 5.10 Å². The number of benzene rings is 1. The summed E-state index contributed by atoms with van der Waals surface area (Å²) >= 11 is 0. The van der Waals surface area contributed by atoms with Gasteiger partial charge in [-0.3, -0.25) is 4.79 Å². The second-order valence-corrected chi connectivity index (χ2v) is 5.47. The van der Waals surface area contributed by atoms with E-state index >= 15 is 0 Å². The van der Waals surface area contributed by atoms with Crippen LogP contribution in [0.3, 0.4) is 0 Å². The minimum absolute atomic E-state index is 0.0263. The van der Waals surface area contributed by atoms with E-state index in [1.54, 1.807) is 15.8 Å². The van der Waals surface area contributed by atoms with Crippen molar-refractivity contribution in [1.82, 2.24) is 14.7 Å². The minimum Gasteiger partial charge on any atom is -0.341 e. The van der Waals surface area contributed by atoms with Crippen LogP contribution in [0.1, 0.15) is 29.9 Å². The lowest BCUT2D eigenvalue weighted by molar-refractivity contribution is 0.0778. The van der Waals surface area contributed by atoms with E-state index in [0.717, 1.165) is 17.9 Å². The van der Waals surface area contributed by atoms with Crippen molar-refractivity contribution in [3.05, 3.63) is 47.8 Å². The Labute approximate surface area is 120 Å². The Bertz CT molecular complexity index is 587. The average molecular weight is 271 g/mol. The van der Waals surface area contributed by atoms with Crippen LogP contribution in [0, 0.1) is 12.8 Å². The first-order chi connectivity index (χ1) is 9.50. The summed E-state index contributed by atoms with van der Waals surface area (Å²) in [6, 6.07) is 9.84. The fraction of sp³-hybridized carbons (Fsp3) is 0.375. The summed E-state index contributed by atoms with van der Waals surface area (Å²) in [6.45, 7) is 6.87. The van der Waals surface area contributed by atoms with Gasteiger partial charge in [0.1, 0.15) is 0 Å². The van der Waals surface area contributed by atoms with Crippen molar-refractivity contribution in [2.24, 2.45) is 5.92 Å². The van der Waals surface area contributed by atoms with E-state index in [-0.39, 0.29) is 5.91 Å². The third-order valence-electron chi connectivity index (χ3n) is 3.23. The van der Waals surface area contributed by atoms with E-state index in [2.05, 4.69) is 18.9 Å². The zero-order valence-electron chi connectivity index (χ0n) is 12.5. The van der Waals surface area contributed by atoms with Gasteiger partial charge in [-0.15, -0.1) is 0 Å². The van der Waals surface area contributed by atoms with Gasteiger partial charge in [-0.25, -0.2) is 4.68 Å². The molecular formula is C16H21N3O. The van der Waals surface area contributed by atoms with Crippen LogP contribution in [0.4, 0.5) is 0 Å². The quantitative estimate of drug-likeness (QED) is 0.857. The lowest BCUT2D eigenvalue weighted by Gasteiger charge is -2.19. The van der Waals surface area contributed by atoms with Gasteiger partial charge in [-0.05, 0) is 25.0 Å². The van der Waals surface area contributed by atoms with Crippen molar-refractivity contribution < 1.29 is 4.79 Å². The molecule has 4 nitrogen and oxygen atoms in total.